The fraction of sp³-hybridized carbons (Fsp3) is 0.571. The van der Waals surface area contributed by atoms with E-state index >= 15 is 0 Å². The van der Waals surface area contributed by atoms with Gasteiger partial charge in [0.1, 0.15) is 18.0 Å². The standard InChI is InChI=1S/C21H27FN2O7/c1-20(2,3)31-19(28)24-10-16(14-4-6-15(22)7-5-14)23(11-17(25)26)18(27)21(24)12-29-8-9-30-13-21/h4-7,16H,8-13H2,1-3H3,(H,25,26). The van der Waals surface area contributed by atoms with Crippen molar-refractivity contribution >= 4 is 18.0 Å². The summed E-state index contributed by atoms with van der Waals surface area (Å²) in [6, 6.07) is 4.56. The lowest BCUT2D eigenvalue weighted by Gasteiger charge is -2.51. The van der Waals surface area contributed by atoms with Gasteiger partial charge in [-0.3, -0.25) is 14.5 Å². The Balaban J connectivity index is 2.07. The number of nitrogens with zero attached hydrogens (tertiary/aromatic N) is 2. The first-order chi connectivity index (χ1) is 14.5. The molecule has 10 heteroatoms. The van der Waals surface area contributed by atoms with Crippen molar-refractivity contribution in [2.75, 3.05) is 39.5 Å². The van der Waals surface area contributed by atoms with Crippen molar-refractivity contribution in [3.8, 4) is 0 Å². The summed E-state index contributed by atoms with van der Waals surface area (Å²) in [5, 5.41) is 9.44. The summed E-state index contributed by atoms with van der Waals surface area (Å²) in [6.45, 7) is 4.62. The normalized spacial score (nSPS) is 21.7. The zero-order valence-electron chi connectivity index (χ0n) is 17.8. The van der Waals surface area contributed by atoms with Gasteiger partial charge in [0.15, 0.2) is 5.54 Å². The molecule has 2 amide bonds. The molecule has 2 aliphatic heterocycles. The number of piperazine rings is 1. The number of aliphatic carboxylic acids is 1. The molecule has 2 aliphatic rings. The van der Waals surface area contributed by atoms with Crippen LogP contribution in [0.5, 0.6) is 0 Å². The molecule has 2 saturated heterocycles. The van der Waals surface area contributed by atoms with Crippen molar-refractivity contribution in [2.45, 2.75) is 38.0 Å². The number of rotatable bonds is 3. The number of hydrogen-bond donors (Lipinski definition) is 1. The van der Waals surface area contributed by atoms with Crippen LogP contribution < -0.4 is 0 Å². The number of carboxylic acids is 1. The summed E-state index contributed by atoms with van der Waals surface area (Å²) in [5.74, 6) is -2.30. The zero-order chi connectivity index (χ0) is 22.8. The molecule has 1 spiro atoms. The summed E-state index contributed by atoms with van der Waals surface area (Å²) in [4.78, 5) is 40.9. The predicted octanol–water partition coefficient (Wildman–Crippen LogP) is 1.82. The van der Waals surface area contributed by atoms with Gasteiger partial charge in [0.25, 0.3) is 5.91 Å². The van der Waals surface area contributed by atoms with Crippen LogP contribution in [0.1, 0.15) is 32.4 Å². The first kappa shape index (κ1) is 23.0. The molecule has 1 unspecified atom stereocenters. The van der Waals surface area contributed by atoms with E-state index in [1.807, 2.05) is 0 Å². The van der Waals surface area contributed by atoms with E-state index in [9.17, 15) is 23.9 Å². The molecule has 2 fully saturated rings. The van der Waals surface area contributed by atoms with Gasteiger partial charge in [0.05, 0.1) is 32.5 Å². The van der Waals surface area contributed by atoms with Gasteiger partial charge in [-0.15, -0.1) is 0 Å². The summed E-state index contributed by atoms with van der Waals surface area (Å²) >= 11 is 0. The van der Waals surface area contributed by atoms with E-state index in [0.29, 0.717) is 5.56 Å². The summed E-state index contributed by atoms with van der Waals surface area (Å²) < 4.78 is 30.1. The smallest absolute Gasteiger partial charge is 0.411 e. The fourth-order valence-corrected chi connectivity index (χ4v) is 3.76. The number of amides is 2. The largest absolute Gasteiger partial charge is 0.480 e. The molecule has 170 valence electrons. The fourth-order valence-electron chi connectivity index (χ4n) is 3.76. The summed E-state index contributed by atoms with van der Waals surface area (Å²) in [6.07, 6.45) is -0.739. The molecule has 1 N–H and O–H groups in total. The van der Waals surface area contributed by atoms with E-state index in [1.165, 1.54) is 34.1 Å². The Morgan fingerprint density at radius 1 is 1.19 bits per heavy atom. The Bertz CT molecular complexity index is 829. The van der Waals surface area contributed by atoms with Crippen LogP contribution in [0.25, 0.3) is 0 Å². The lowest BCUT2D eigenvalue weighted by atomic mass is 9.89. The van der Waals surface area contributed by atoms with E-state index in [0.717, 1.165) is 0 Å². The minimum Gasteiger partial charge on any atom is -0.480 e. The molecule has 9 nitrogen and oxygen atoms in total. The minimum atomic E-state index is -1.56. The van der Waals surface area contributed by atoms with Crippen LogP contribution in [0.2, 0.25) is 0 Å². The summed E-state index contributed by atoms with van der Waals surface area (Å²) in [5.41, 5.74) is -1.89. The SMILES string of the molecule is CC(C)(C)OC(=O)N1CC(c2ccc(F)cc2)N(CC(=O)O)C(=O)C12COCCOC2. The highest BCUT2D eigenvalue weighted by molar-refractivity contribution is 5.94. The van der Waals surface area contributed by atoms with Gasteiger partial charge < -0.3 is 24.2 Å². The van der Waals surface area contributed by atoms with Crippen molar-refractivity contribution in [3.05, 3.63) is 35.6 Å². The van der Waals surface area contributed by atoms with Crippen LogP contribution in [-0.2, 0) is 23.8 Å². The van der Waals surface area contributed by atoms with Crippen LogP contribution in [0.15, 0.2) is 24.3 Å². The van der Waals surface area contributed by atoms with Gasteiger partial charge in [-0.05, 0) is 38.5 Å². The van der Waals surface area contributed by atoms with E-state index in [1.54, 1.807) is 20.8 Å². The quantitative estimate of drug-likeness (QED) is 0.767. The first-order valence-electron chi connectivity index (χ1n) is 9.98. The molecule has 0 aliphatic carbocycles. The lowest BCUT2D eigenvalue weighted by molar-refractivity contribution is -0.168. The Labute approximate surface area is 179 Å². The molecule has 1 atom stereocenters. The van der Waals surface area contributed by atoms with Crippen LogP contribution in [0, 0.1) is 5.82 Å². The number of carboxylic acid groups (broad SMARTS) is 1. The van der Waals surface area contributed by atoms with Gasteiger partial charge in [0, 0.05) is 6.54 Å². The molecule has 2 heterocycles. The predicted molar refractivity (Wildman–Crippen MR) is 106 cm³/mol. The second-order valence-electron chi connectivity index (χ2n) is 8.62. The van der Waals surface area contributed by atoms with Crippen molar-refractivity contribution in [1.29, 1.82) is 0 Å². The van der Waals surface area contributed by atoms with Gasteiger partial charge >= 0.3 is 12.1 Å². The number of carbonyl (C=O) groups excluding carboxylic acids is 2. The third-order valence-electron chi connectivity index (χ3n) is 5.14. The number of halogens is 1. The van der Waals surface area contributed by atoms with Crippen LogP contribution >= 0.6 is 0 Å². The van der Waals surface area contributed by atoms with E-state index < -0.39 is 47.5 Å². The number of carbonyl (C=O) groups is 3. The van der Waals surface area contributed by atoms with Crippen molar-refractivity contribution in [2.24, 2.45) is 0 Å². The number of ether oxygens (including phenoxy) is 3. The minimum absolute atomic E-state index is 0.0632. The first-order valence-corrected chi connectivity index (χ1v) is 9.98. The molecular weight excluding hydrogens is 411 g/mol. The maximum Gasteiger partial charge on any atom is 0.411 e. The number of hydrogen-bond acceptors (Lipinski definition) is 6. The highest BCUT2D eigenvalue weighted by Gasteiger charge is 2.57. The molecular formula is C21H27FN2O7. The zero-order valence-corrected chi connectivity index (χ0v) is 17.8. The molecule has 0 saturated carbocycles. The number of benzene rings is 1. The Kier molecular flexibility index (Phi) is 6.51. The van der Waals surface area contributed by atoms with Gasteiger partial charge in [0.2, 0.25) is 0 Å². The van der Waals surface area contributed by atoms with Crippen LogP contribution in [0.3, 0.4) is 0 Å². The summed E-state index contributed by atoms with van der Waals surface area (Å²) in [7, 11) is 0. The molecule has 0 radical (unpaired) electrons. The second kappa shape index (κ2) is 8.80. The molecule has 1 aromatic carbocycles. The van der Waals surface area contributed by atoms with E-state index in [-0.39, 0.29) is 33.0 Å². The van der Waals surface area contributed by atoms with E-state index in [4.69, 9.17) is 14.2 Å². The maximum absolute atomic E-state index is 13.7. The molecule has 0 bridgehead atoms. The van der Waals surface area contributed by atoms with Crippen molar-refractivity contribution < 1.29 is 38.1 Å². The maximum atomic E-state index is 13.7. The van der Waals surface area contributed by atoms with Gasteiger partial charge in [-0.25, -0.2) is 9.18 Å². The van der Waals surface area contributed by atoms with E-state index in [2.05, 4.69) is 0 Å². The third-order valence-corrected chi connectivity index (χ3v) is 5.14. The van der Waals surface area contributed by atoms with Crippen LogP contribution in [0.4, 0.5) is 9.18 Å². The Morgan fingerprint density at radius 3 is 2.29 bits per heavy atom. The highest BCUT2D eigenvalue weighted by atomic mass is 19.1. The van der Waals surface area contributed by atoms with Gasteiger partial charge in [-0.1, -0.05) is 12.1 Å². The van der Waals surface area contributed by atoms with Crippen molar-refractivity contribution in [3.63, 3.8) is 0 Å². The second-order valence-corrected chi connectivity index (χ2v) is 8.62. The van der Waals surface area contributed by atoms with Gasteiger partial charge in [-0.2, -0.15) is 0 Å². The average molecular weight is 438 g/mol. The molecule has 3 rings (SSSR count). The third kappa shape index (κ3) is 4.96. The monoisotopic (exact) mass is 438 g/mol. The average Bonchev–Trinajstić information content (AvgIpc) is 2.92. The lowest BCUT2D eigenvalue weighted by Crippen LogP contribution is -2.72. The highest BCUT2D eigenvalue weighted by Crippen LogP contribution is 2.36. The molecule has 1 aromatic rings. The van der Waals surface area contributed by atoms with Crippen molar-refractivity contribution in [1.82, 2.24) is 9.80 Å². The Morgan fingerprint density at radius 2 is 1.77 bits per heavy atom. The molecule has 0 aromatic heterocycles. The molecule has 31 heavy (non-hydrogen) atoms. The topological polar surface area (TPSA) is 106 Å². The van der Waals surface area contributed by atoms with Crippen LogP contribution in [-0.4, -0.2) is 83.5 Å². The Hall–Kier alpha value is -2.72.